The molecule has 0 amide bonds. The summed E-state index contributed by atoms with van der Waals surface area (Å²) < 4.78 is 39.5. The van der Waals surface area contributed by atoms with Crippen LogP contribution in [0.3, 0.4) is 0 Å². The predicted octanol–water partition coefficient (Wildman–Crippen LogP) is 3.24. The molecule has 0 fully saturated rings. The summed E-state index contributed by atoms with van der Waals surface area (Å²) in [5, 5.41) is 8.87. The lowest BCUT2D eigenvalue weighted by Crippen LogP contribution is -2.17. The Morgan fingerprint density at radius 1 is 1.33 bits per heavy atom. The fraction of sp³-hybridized carbons (Fsp3) is 0.417. The van der Waals surface area contributed by atoms with Crippen LogP contribution >= 0.6 is 0 Å². The Kier molecular flexibility index (Phi) is 4.58. The third-order valence-electron chi connectivity index (χ3n) is 2.48. The molecular formula is C12H13F3O3. The molecule has 18 heavy (non-hydrogen) atoms. The minimum Gasteiger partial charge on any atom is -0.481 e. The first-order valence-electron chi connectivity index (χ1n) is 5.39. The van der Waals surface area contributed by atoms with E-state index in [4.69, 9.17) is 5.11 Å². The molecular weight excluding hydrogens is 249 g/mol. The van der Waals surface area contributed by atoms with E-state index in [1.165, 1.54) is 24.3 Å². The van der Waals surface area contributed by atoms with E-state index in [-0.39, 0.29) is 12.2 Å². The second-order valence-corrected chi connectivity index (χ2v) is 3.84. The van der Waals surface area contributed by atoms with Gasteiger partial charge in [-0.1, -0.05) is 19.1 Å². The fourth-order valence-corrected chi connectivity index (χ4v) is 1.52. The minimum atomic E-state index is -4.71. The summed E-state index contributed by atoms with van der Waals surface area (Å²) in [5.41, 5.74) is 0.666. The largest absolute Gasteiger partial charge is 0.573 e. The molecule has 0 saturated carbocycles. The van der Waals surface area contributed by atoms with Crippen molar-refractivity contribution in [3.63, 3.8) is 0 Å². The maximum absolute atomic E-state index is 11.9. The van der Waals surface area contributed by atoms with Gasteiger partial charge in [-0.05, 0) is 30.5 Å². The zero-order valence-electron chi connectivity index (χ0n) is 9.70. The van der Waals surface area contributed by atoms with Crippen LogP contribution in [0, 0.1) is 5.92 Å². The lowest BCUT2D eigenvalue weighted by molar-refractivity contribution is -0.274. The Labute approximate surface area is 102 Å². The van der Waals surface area contributed by atoms with Crippen LogP contribution in [0.15, 0.2) is 24.3 Å². The topological polar surface area (TPSA) is 46.5 Å². The number of aliphatic carboxylic acids is 1. The van der Waals surface area contributed by atoms with Gasteiger partial charge in [-0.3, -0.25) is 4.79 Å². The standard InChI is InChI=1S/C12H13F3O3/c1-2-9(11(16)17)7-8-3-5-10(6-4-8)18-12(13,14)15/h3-6,9H,2,7H2,1H3,(H,16,17)/t9-/m1/s1. The first-order valence-corrected chi connectivity index (χ1v) is 5.39. The molecule has 0 aliphatic heterocycles. The fourth-order valence-electron chi connectivity index (χ4n) is 1.52. The first-order chi connectivity index (χ1) is 8.31. The minimum absolute atomic E-state index is 0.290. The summed E-state index contributed by atoms with van der Waals surface area (Å²) >= 11 is 0. The number of carbonyl (C=O) groups is 1. The number of ether oxygens (including phenoxy) is 1. The van der Waals surface area contributed by atoms with Crippen molar-refractivity contribution in [2.75, 3.05) is 0 Å². The van der Waals surface area contributed by atoms with Crippen LogP contribution in [-0.4, -0.2) is 17.4 Å². The second kappa shape index (κ2) is 5.75. The molecule has 1 rings (SSSR count). The maximum Gasteiger partial charge on any atom is 0.573 e. The van der Waals surface area contributed by atoms with Crippen LogP contribution in [-0.2, 0) is 11.2 Å². The van der Waals surface area contributed by atoms with Crippen LogP contribution in [0.1, 0.15) is 18.9 Å². The average molecular weight is 262 g/mol. The number of carboxylic acids is 1. The molecule has 1 atom stereocenters. The normalized spacial score (nSPS) is 13.1. The second-order valence-electron chi connectivity index (χ2n) is 3.84. The number of halogens is 3. The molecule has 0 aromatic heterocycles. The van der Waals surface area contributed by atoms with Crippen molar-refractivity contribution in [2.45, 2.75) is 26.1 Å². The van der Waals surface area contributed by atoms with Gasteiger partial charge in [0.25, 0.3) is 0 Å². The van der Waals surface area contributed by atoms with Gasteiger partial charge < -0.3 is 9.84 Å². The van der Waals surface area contributed by atoms with Gasteiger partial charge in [0.15, 0.2) is 0 Å². The van der Waals surface area contributed by atoms with Gasteiger partial charge in [0.05, 0.1) is 5.92 Å². The SMILES string of the molecule is CC[C@H](Cc1ccc(OC(F)(F)F)cc1)C(=O)O. The highest BCUT2D eigenvalue weighted by Crippen LogP contribution is 2.23. The quantitative estimate of drug-likeness (QED) is 0.886. The summed E-state index contributed by atoms with van der Waals surface area (Å²) in [6, 6.07) is 5.23. The van der Waals surface area contributed by atoms with Crippen LogP contribution in [0.4, 0.5) is 13.2 Å². The van der Waals surface area contributed by atoms with E-state index in [0.717, 1.165) is 0 Å². The van der Waals surface area contributed by atoms with Gasteiger partial charge in [0.1, 0.15) is 5.75 Å². The van der Waals surface area contributed by atoms with E-state index in [0.29, 0.717) is 12.0 Å². The van der Waals surface area contributed by atoms with Crippen LogP contribution < -0.4 is 4.74 Å². The van der Waals surface area contributed by atoms with E-state index in [1.807, 2.05) is 0 Å². The zero-order valence-corrected chi connectivity index (χ0v) is 9.70. The molecule has 0 spiro atoms. The highest BCUT2D eigenvalue weighted by Gasteiger charge is 2.31. The predicted molar refractivity (Wildman–Crippen MR) is 58.2 cm³/mol. The summed E-state index contributed by atoms with van der Waals surface area (Å²) in [7, 11) is 0. The molecule has 0 aliphatic carbocycles. The Bertz CT molecular complexity index is 398. The molecule has 1 aromatic carbocycles. The highest BCUT2D eigenvalue weighted by molar-refractivity contribution is 5.70. The van der Waals surface area contributed by atoms with Crippen molar-refractivity contribution >= 4 is 5.97 Å². The van der Waals surface area contributed by atoms with Gasteiger partial charge in [0, 0.05) is 0 Å². The summed E-state index contributed by atoms with van der Waals surface area (Å²) in [4.78, 5) is 10.8. The molecule has 0 unspecified atom stereocenters. The Morgan fingerprint density at radius 2 is 1.89 bits per heavy atom. The number of carboxylic acid groups (broad SMARTS) is 1. The first kappa shape index (κ1) is 14.3. The average Bonchev–Trinajstić information content (AvgIpc) is 2.25. The van der Waals surface area contributed by atoms with Gasteiger partial charge in [-0.15, -0.1) is 13.2 Å². The lowest BCUT2D eigenvalue weighted by atomic mass is 9.97. The molecule has 0 heterocycles. The molecule has 0 radical (unpaired) electrons. The molecule has 0 saturated heterocycles. The van der Waals surface area contributed by atoms with Gasteiger partial charge in [-0.2, -0.15) is 0 Å². The molecule has 1 N–H and O–H groups in total. The van der Waals surface area contributed by atoms with Gasteiger partial charge in [0.2, 0.25) is 0 Å². The molecule has 6 heteroatoms. The van der Waals surface area contributed by atoms with E-state index < -0.39 is 18.2 Å². The van der Waals surface area contributed by atoms with Crippen molar-refractivity contribution in [3.8, 4) is 5.75 Å². The summed E-state index contributed by atoms with van der Waals surface area (Å²) in [5.74, 6) is -1.75. The van der Waals surface area contributed by atoms with Crippen LogP contribution in [0.25, 0.3) is 0 Å². The van der Waals surface area contributed by atoms with E-state index in [2.05, 4.69) is 4.74 Å². The highest BCUT2D eigenvalue weighted by atomic mass is 19.4. The Morgan fingerprint density at radius 3 is 2.28 bits per heavy atom. The molecule has 0 aliphatic rings. The van der Waals surface area contributed by atoms with Gasteiger partial charge in [-0.25, -0.2) is 0 Å². The number of benzene rings is 1. The zero-order chi connectivity index (χ0) is 13.8. The molecule has 0 bridgehead atoms. The van der Waals surface area contributed by atoms with Crippen LogP contribution in [0.2, 0.25) is 0 Å². The third-order valence-corrected chi connectivity index (χ3v) is 2.48. The van der Waals surface area contributed by atoms with E-state index >= 15 is 0 Å². The third kappa shape index (κ3) is 4.65. The molecule has 3 nitrogen and oxygen atoms in total. The Balaban J connectivity index is 2.68. The van der Waals surface area contributed by atoms with Crippen molar-refractivity contribution in [1.82, 2.24) is 0 Å². The molecule has 1 aromatic rings. The summed E-state index contributed by atoms with van der Waals surface area (Å²) in [6.45, 7) is 1.75. The monoisotopic (exact) mass is 262 g/mol. The number of hydrogen-bond donors (Lipinski definition) is 1. The van der Waals surface area contributed by atoms with Crippen molar-refractivity contribution < 1.29 is 27.8 Å². The lowest BCUT2D eigenvalue weighted by Gasteiger charge is -2.11. The van der Waals surface area contributed by atoms with Crippen LogP contribution in [0.5, 0.6) is 5.75 Å². The molecule has 100 valence electrons. The van der Waals surface area contributed by atoms with Gasteiger partial charge >= 0.3 is 12.3 Å². The summed E-state index contributed by atoms with van der Waals surface area (Å²) in [6.07, 6.45) is -3.96. The Hall–Kier alpha value is -1.72. The van der Waals surface area contributed by atoms with Crippen molar-refractivity contribution in [1.29, 1.82) is 0 Å². The smallest absolute Gasteiger partial charge is 0.481 e. The number of alkyl halides is 3. The van der Waals surface area contributed by atoms with E-state index in [9.17, 15) is 18.0 Å². The maximum atomic E-state index is 11.9. The number of rotatable bonds is 5. The number of hydrogen-bond acceptors (Lipinski definition) is 2. The van der Waals surface area contributed by atoms with Crippen molar-refractivity contribution in [3.05, 3.63) is 29.8 Å². The van der Waals surface area contributed by atoms with E-state index in [1.54, 1.807) is 6.92 Å². The van der Waals surface area contributed by atoms with Crippen molar-refractivity contribution in [2.24, 2.45) is 5.92 Å².